The van der Waals surface area contributed by atoms with Gasteiger partial charge in [-0.3, -0.25) is 4.90 Å². The largest absolute Gasteiger partial charge is 0.480 e. The zero-order chi connectivity index (χ0) is 13.0. The van der Waals surface area contributed by atoms with Crippen LogP contribution in [0.4, 0.5) is 4.79 Å². The molecule has 1 saturated heterocycles. The lowest BCUT2D eigenvalue weighted by atomic mass is 10.2. The van der Waals surface area contributed by atoms with Crippen molar-refractivity contribution < 1.29 is 19.4 Å². The molecular weight excluding hydrogens is 270 g/mol. The molecule has 0 unspecified atom stereocenters. The van der Waals surface area contributed by atoms with Crippen molar-refractivity contribution in [3.05, 3.63) is 35.9 Å². The Morgan fingerprint density at radius 1 is 1.32 bits per heavy atom. The lowest BCUT2D eigenvalue weighted by molar-refractivity contribution is -0.141. The number of hydrogen-bond donors (Lipinski definition) is 1. The fourth-order valence-corrected chi connectivity index (χ4v) is 2.04. The molecule has 0 aliphatic carbocycles. The molecule has 1 aromatic rings. The Bertz CT molecular complexity index is 438. The second-order valence-electron chi connectivity index (χ2n) is 4.23. The second kappa shape index (κ2) is 6.99. The highest BCUT2D eigenvalue weighted by Gasteiger charge is 2.34. The van der Waals surface area contributed by atoms with E-state index in [1.807, 2.05) is 30.3 Å². The van der Waals surface area contributed by atoms with Gasteiger partial charge in [-0.2, -0.15) is 0 Å². The monoisotopic (exact) mass is 285 g/mol. The van der Waals surface area contributed by atoms with Gasteiger partial charge < -0.3 is 9.84 Å². The summed E-state index contributed by atoms with van der Waals surface area (Å²) in [7, 11) is 0. The Morgan fingerprint density at radius 2 is 2.00 bits per heavy atom. The smallest absolute Gasteiger partial charge is 0.410 e. The highest BCUT2D eigenvalue weighted by atomic mass is 35.5. The Balaban J connectivity index is 0.00000180. The van der Waals surface area contributed by atoms with E-state index < -0.39 is 18.1 Å². The molecule has 0 saturated carbocycles. The number of aliphatic carboxylic acids is 1. The number of carboxylic acids is 1. The molecular formula is C13H16ClNO4. The molecule has 1 amide bonds. The van der Waals surface area contributed by atoms with Crippen LogP contribution in [0.15, 0.2) is 30.3 Å². The summed E-state index contributed by atoms with van der Waals surface area (Å²) in [4.78, 5) is 24.0. The van der Waals surface area contributed by atoms with E-state index in [9.17, 15) is 9.59 Å². The Labute approximate surface area is 117 Å². The average molecular weight is 286 g/mol. The van der Waals surface area contributed by atoms with Crippen LogP contribution in [0.3, 0.4) is 0 Å². The normalized spacial score (nSPS) is 17.7. The van der Waals surface area contributed by atoms with Crippen LogP contribution < -0.4 is 0 Å². The van der Waals surface area contributed by atoms with Gasteiger partial charge in [0.25, 0.3) is 0 Å². The van der Waals surface area contributed by atoms with Crippen molar-refractivity contribution in [3.63, 3.8) is 0 Å². The van der Waals surface area contributed by atoms with Gasteiger partial charge >= 0.3 is 12.1 Å². The van der Waals surface area contributed by atoms with E-state index in [2.05, 4.69) is 0 Å². The minimum Gasteiger partial charge on any atom is -0.480 e. The number of rotatable bonds is 3. The molecule has 0 bridgehead atoms. The van der Waals surface area contributed by atoms with Crippen LogP contribution in [0.5, 0.6) is 0 Å². The first kappa shape index (κ1) is 15.3. The minimum atomic E-state index is -0.968. The highest BCUT2D eigenvalue weighted by molar-refractivity contribution is 5.85. The van der Waals surface area contributed by atoms with Crippen molar-refractivity contribution in [2.24, 2.45) is 0 Å². The van der Waals surface area contributed by atoms with Crippen molar-refractivity contribution in [1.82, 2.24) is 4.90 Å². The number of carboxylic acid groups (broad SMARTS) is 1. The number of halogens is 1. The summed E-state index contributed by atoms with van der Waals surface area (Å²) in [6, 6.07) is 8.57. The number of ether oxygens (including phenoxy) is 1. The summed E-state index contributed by atoms with van der Waals surface area (Å²) in [5.41, 5.74) is 0.886. The zero-order valence-corrected chi connectivity index (χ0v) is 11.1. The number of likely N-dealkylation sites (tertiary alicyclic amines) is 1. The molecule has 1 fully saturated rings. The van der Waals surface area contributed by atoms with Crippen LogP contribution >= 0.6 is 12.4 Å². The molecule has 0 spiro atoms. The number of benzene rings is 1. The number of amides is 1. The molecule has 1 heterocycles. The molecule has 6 heteroatoms. The number of nitrogens with zero attached hydrogens (tertiary/aromatic N) is 1. The SMILES string of the molecule is Cl.O=C(O)[C@H]1CCCN1C(=O)OCc1ccccc1. The summed E-state index contributed by atoms with van der Waals surface area (Å²) in [5.74, 6) is -0.968. The molecule has 1 atom stereocenters. The molecule has 1 aliphatic rings. The molecule has 104 valence electrons. The summed E-state index contributed by atoms with van der Waals surface area (Å²) >= 11 is 0. The number of carbonyl (C=O) groups is 2. The van der Waals surface area contributed by atoms with E-state index in [1.54, 1.807) is 0 Å². The number of hydrogen-bond acceptors (Lipinski definition) is 3. The van der Waals surface area contributed by atoms with Gasteiger partial charge in [-0.1, -0.05) is 30.3 Å². The quantitative estimate of drug-likeness (QED) is 0.925. The van der Waals surface area contributed by atoms with Crippen LogP contribution in [0, 0.1) is 0 Å². The fraction of sp³-hybridized carbons (Fsp3) is 0.385. The van der Waals surface area contributed by atoms with Gasteiger partial charge in [-0.25, -0.2) is 9.59 Å². The third kappa shape index (κ3) is 3.86. The van der Waals surface area contributed by atoms with E-state index in [4.69, 9.17) is 9.84 Å². The molecule has 0 aromatic heterocycles. The van der Waals surface area contributed by atoms with Crippen LogP contribution in [0.1, 0.15) is 18.4 Å². The van der Waals surface area contributed by atoms with E-state index >= 15 is 0 Å². The summed E-state index contributed by atoms with van der Waals surface area (Å²) in [5, 5.41) is 8.97. The first-order chi connectivity index (χ1) is 8.68. The average Bonchev–Trinajstić information content (AvgIpc) is 2.86. The van der Waals surface area contributed by atoms with E-state index in [0.29, 0.717) is 19.4 Å². The van der Waals surface area contributed by atoms with Gasteiger partial charge in [-0.05, 0) is 18.4 Å². The lowest BCUT2D eigenvalue weighted by Crippen LogP contribution is -2.40. The van der Waals surface area contributed by atoms with E-state index in [-0.39, 0.29) is 19.0 Å². The van der Waals surface area contributed by atoms with Gasteiger partial charge in [0.05, 0.1) is 0 Å². The van der Waals surface area contributed by atoms with Crippen molar-refractivity contribution >= 4 is 24.5 Å². The Kier molecular flexibility index (Phi) is 5.63. The van der Waals surface area contributed by atoms with Crippen LogP contribution in [-0.2, 0) is 16.1 Å². The lowest BCUT2D eigenvalue weighted by Gasteiger charge is -2.20. The van der Waals surface area contributed by atoms with Crippen molar-refractivity contribution in [2.75, 3.05) is 6.54 Å². The van der Waals surface area contributed by atoms with Gasteiger partial charge in [0.15, 0.2) is 0 Å². The summed E-state index contributed by atoms with van der Waals surface area (Å²) in [6.45, 7) is 0.618. The molecule has 0 radical (unpaired) electrons. The summed E-state index contributed by atoms with van der Waals surface area (Å²) < 4.78 is 5.12. The first-order valence-corrected chi connectivity index (χ1v) is 5.88. The Morgan fingerprint density at radius 3 is 2.63 bits per heavy atom. The topological polar surface area (TPSA) is 66.8 Å². The van der Waals surface area contributed by atoms with Crippen LogP contribution in [0.25, 0.3) is 0 Å². The van der Waals surface area contributed by atoms with Gasteiger partial charge in [0.2, 0.25) is 0 Å². The third-order valence-electron chi connectivity index (χ3n) is 2.98. The molecule has 5 nitrogen and oxygen atoms in total. The third-order valence-corrected chi connectivity index (χ3v) is 2.98. The fourth-order valence-electron chi connectivity index (χ4n) is 2.04. The highest BCUT2D eigenvalue weighted by Crippen LogP contribution is 2.18. The van der Waals surface area contributed by atoms with Crippen LogP contribution in [-0.4, -0.2) is 34.7 Å². The van der Waals surface area contributed by atoms with Crippen molar-refractivity contribution in [3.8, 4) is 0 Å². The second-order valence-corrected chi connectivity index (χ2v) is 4.23. The maximum absolute atomic E-state index is 11.8. The molecule has 1 aromatic carbocycles. The Hall–Kier alpha value is -1.75. The maximum atomic E-state index is 11.8. The predicted molar refractivity (Wildman–Crippen MR) is 71.2 cm³/mol. The standard InChI is InChI=1S/C13H15NO4.ClH/c15-12(16)11-7-4-8-14(11)13(17)18-9-10-5-2-1-3-6-10;/h1-3,5-6,11H,4,7-9H2,(H,15,16);1H/t11-;/m1./s1. The minimum absolute atomic E-state index is 0. The van der Waals surface area contributed by atoms with Gasteiger partial charge in [0, 0.05) is 6.54 Å². The van der Waals surface area contributed by atoms with Gasteiger partial charge in [0.1, 0.15) is 12.6 Å². The van der Waals surface area contributed by atoms with Crippen LogP contribution in [0.2, 0.25) is 0 Å². The van der Waals surface area contributed by atoms with E-state index in [0.717, 1.165) is 5.56 Å². The van der Waals surface area contributed by atoms with Crippen molar-refractivity contribution in [1.29, 1.82) is 0 Å². The number of carbonyl (C=O) groups excluding carboxylic acids is 1. The predicted octanol–water partition coefficient (Wildman–Crippen LogP) is 2.29. The molecule has 2 rings (SSSR count). The van der Waals surface area contributed by atoms with Gasteiger partial charge in [-0.15, -0.1) is 12.4 Å². The van der Waals surface area contributed by atoms with Crippen molar-refractivity contribution in [2.45, 2.75) is 25.5 Å². The molecule has 1 N–H and O–H groups in total. The van der Waals surface area contributed by atoms with E-state index in [1.165, 1.54) is 4.90 Å². The maximum Gasteiger partial charge on any atom is 0.410 e. The molecule has 19 heavy (non-hydrogen) atoms. The molecule has 1 aliphatic heterocycles. The zero-order valence-electron chi connectivity index (χ0n) is 10.3. The first-order valence-electron chi connectivity index (χ1n) is 5.88. The summed E-state index contributed by atoms with van der Waals surface area (Å²) in [6.07, 6.45) is 0.649.